The smallest absolute Gasteiger partial charge is 0.144 e. The minimum Gasteiger partial charge on any atom is -0.381 e. The van der Waals surface area contributed by atoms with Crippen LogP contribution in [0.4, 0.5) is 5.82 Å². The molecule has 2 rings (SSSR count). The maximum absolute atomic E-state index is 5.38. The lowest BCUT2D eigenvalue weighted by Crippen LogP contribution is -2.17. The van der Waals surface area contributed by atoms with Gasteiger partial charge in [-0.2, -0.15) is 0 Å². The highest BCUT2D eigenvalue weighted by Crippen LogP contribution is 2.29. The molecule has 0 spiro atoms. The predicted molar refractivity (Wildman–Crippen MR) is 71.5 cm³/mol. The molecule has 0 amide bonds. The third kappa shape index (κ3) is 2.77. The number of rotatable bonds is 3. The van der Waals surface area contributed by atoms with Gasteiger partial charge in [-0.1, -0.05) is 6.92 Å². The van der Waals surface area contributed by atoms with E-state index in [-0.39, 0.29) is 0 Å². The van der Waals surface area contributed by atoms with E-state index >= 15 is 0 Å². The Morgan fingerprint density at radius 2 is 2.06 bits per heavy atom. The van der Waals surface area contributed by atoms with Gasteiger partial charge in [0.1, 0.15) is 11.6 Å². The molecule has 17 heavy (non-hydrogen) atoms. The topological polar surface area (TPSA) is 47.0 Å². The highest BCUT2D eigenvalue weighted by atomic mass is 79.9. The van der Waals surface area contributed by atoms with E-state index in [1.54, 1.807) is 0 Å². The molecule has 0 bridgehead atoms. The van der Waals surface area contributed by atoms with Crippen LogP contribution < -0.4 is 5.32 Å². The molecule has 1 saturated heterocycles. The van der Waals surface area contributed by atoms with Crippen LogP contribution in [0, 0.1) is 0 Å². The van der Waals surface area contributed by atoms with Crippen molar-refractivity contribution in [2.75, 3.05) is 25.6 Å². The Morgan fingerprint density at radius 3 is 2.65 bits per heavy atom. The van der Waals surface area contributed by atoms with Crippen molar-refractivity contribution in [3.8, 4) is 0 Å². The number of hydrogen-bond acceptors (Lipinski definition) is 4. The molecular formula is C12H18BrN3O. The van der Waals surface area contributed by atoms with Crippen molar-refractivity contribution in [3.05, 3.63) is 16.0 Å². The molecule has 4 nitrogen and oxygen atoms in total. The molecule has 94 valence electrons. The summed E-state index contributed by atoms with van der Waals surface area (Å²) in [4.78, 5) is 9.27. The molecule has 0 saturated carbocycles. The largest absolute Gasteiger partial charge is 0.381 e. The second-order valence-electron chi connectivity index (χ2n) is 4.18. The third-order valence-corrected chi connectivity index (χ3v) is 3.93. The van der Waals surface area contributed by atoms with Gasteiger partial charge < -0.3 is 10.1 Å². The molecule has 1 N–H and O–H groups in total. The third-order valence-electron chi connectivity index (χ3n) is 3.10. The second-order valence-corrected chi connectivity index (χ2v) is 4.97. The first kappa shape index (κ1) is 12.8. The first-order chi connectivity index (χ1) is 8.26. The fraction of sp³-hybridized carbons (Fsp3) is 0.667. The zero-order chi connectivity index (χ0) is 12.3. The second kappa shape index (κ2) is 5.78. The molecule has 0 atom stereocenters. The van der Waals surface area contributed by atoms with Gasteiger partial charge in [-0.05, 0) is 35.2 Å². The van der Waals surface area contributed by atoms with Crippen LogP contribution >= 0.6 is 15.9 Å². The molecule has 0 aromatic carbocycles. The summed E-state index contributed by atoms with van der Waals surface area (Å²) in [5.74, 6) is 2.28. The molecule has 1 aliphatic rings. The average molecular weight is 300 g/mol. The fourth-order valence-corrected chi connectivity index (χ4v) is 2.71. The highest BCUT2D eigenvalue weighted by molar-refractivity contribution is 9.10. The summed E-state index contributed by atoms with van der Waals surface area (Å²) in [7, 11) is 1.89. The number of anilines is 1. The molecular weight excluding hydrogens is 282 g/mol. The van der Waals surface area contributed by atoms with E-state index in [9.17, 15) is 0 Å². The Balaban J connectivity index is 2.33. The first-order valence-corrected chi connectivity index (χ1v) is 6.87. The Kier molecular flexibility index (Phi) is 4.34. The summed E-state index contributed by atoms with van der Waals surface area (Å²) in [5, 5.41) is 3.12. The number of aryl methyl sites for hydroxylation is 1. The van der Waals surface area contributed by atoms with Crippen molar-refractivity contribution in [1.29, 1.82) is 0 Å². The van der Waals surface area contributed by atoms with E-state index in [0.29, 0.717) is 5.92 Å². The minimum atomic E-state index is 0.439. The lowest BCUT2D eigenvalue weighted by Gasteiger charge is -2.22. The maximum atomic E-state index is 5.38. The van der Waals surface area contributed by atoms with Gasteiger partial charge in [0.05, 0.1) is 10.2 Å². The van der Waals surface area contributed by atoms with Gasteiger partial charge in [0.25, 0.3) is 0 Å². The molecule has 2 heterocycles. The van der Waals surface area contributed by atoms with Crippen LogP contribution in [-0.2, 0) is 11.2 Å². The van der Waals surface area contributed by atoms with Crippen LogP contribution in [0.5, 0.6) is 0 Å². The van der Waals surface area contributed by atoms with Gasteiger partial charge in [0.15, 0.2) is 0 Å². The molecule has 0 aliphatic carbocycles. The van der Waals surface area contributed by atoms with Crippen LogP contribution in [0.3, 0.4) is 0 Å². The van der Waals surface area contributed by atoms with Crippen molar-refractivity contribution in [2.24, 2.45) is 0 Å². The summed E-state index contributed by atoms with van der Waals surface area (Å²) in [5.41, 5.74) is 1.07. The standard InChI is InChI=1S/C12H18BrN3O/c1-3-9-10(13)12(14-2)16-11(15-9)8-4-6-17-7-5-8/h8H,3-7H2,1-2H3,(H,14,15,16). The zero-order valence-electron chi connectivity index (χ0n) is 10.3. The van der Waals surface area contributed by atoms with Crippen LogP contribution in [0.2, 0.25) is 0 Å². The van der Waals surface area contributed by atoms with Gasteiger partial charge in [-0.25, -0.2) is 9.97 Å². The van der Waals surface area contributed by atoms with Crippen molar-refractivity contribution in [3.63, 3.8) is 0 Å². The van der Waals surface area contributed by atoms with E-state index < -0.39 is 0 Å². The predicted octanol–water partition coefficient (Wildman–Crippen LogP) is 2.74. The molecule has 0 unspecified atom stereocenters. The van der Waals surface area contributed by atoms with E-state index in [1.807, 2.05) is 7.05 Å². The van der Waals surface area contributed by atoms with Crippen molar-refractivity contribution in [2.45, 2.75) is 32.1 Å². The highest BCUT2D eigenvalue weighted by Gasteiger charge is 2.21. The Morgan fingerprint density at radius 1 is 1.35 bits per heavy atom. The normalized spacial score (nSPS) is 17.1. The number of ether oxygens (including phenoxy) is 1. The van der Waals surface area contributed by atoms with E-state index in [4.69, 9.17) is 4.74 Å². The number of halogens is 1. The van der Waals surface area contributed by atoms with Crippen LogP contribution in [-0.4, -0.2) is 30.2 Å². The summed E-state index contributed by atoms with van der Waals surface area (Å²) in [6.07, 6.45) is 2.95. The van der Waals surface area contributed by atoms with Gasteiger partial charge in [0.2, 0.25) is 0 Å². The summed E-state index contributed by atoms with van der Waals surface area (Å²) >= 11 is 3.55. The Labute approximate surface area is 110 Å². The lowest BCUT2D eigenvalue weighted by molar-refractivity contribution is 0.0835. The zero-order valence-corrected chi connectivity index (χ0v) is 11.9. The van der Waals surface area contributed by atoms with Gasteiger partial charge in [-0.15, -0.1) is 0 Å². The van der Waals surface area contributed by atoms with E-state index in [2.05, 4.69) is 38.1 Å². The number of hydrogen-bond donors (Lipinski definition) is 1. The first-order valence-electron chi connectivity index (χ1n) is 6.08. The van der Waals surface area contributed by atoms with Crippen LogP contribution in [0.15, 0.2) is 4.47 Å². The number of aromatic nitrogens is 2. The van der Waals surface area contributed by atoms with Crippen LogP contribution in [0.25, 0.3) is 0 Å². The van der Waals surface area contributed by atoms with Gasteiger partial charge >= 0.3 is 0 Å². The maximum Gasteiger partial charge on any atom is 0.144 e. The van der Waals surface area contributed by atoms with Crippen molar-refractivity contribution >= 4 is 21.7 Å². The summed E-state index contributed by atoms with van der Waals surface area (Å²) in [6.45, 7) is 3.75. The van der Waals surface area contributed by atoms with E-state index in [0.717, 1.165) is 54.3 Å². The fourth-order valence-electron chi connectivity index (χ4n) is 2.05. The molecule has 5 heteroatoms. The molecule has 1 aromatic rings. The monoisotopic (exact) mass is 299 g/mol. The molecule has 1 aromatic heterocycles. The summed E-state index contributed by atoms with van der Waals surface area (Å²) < 4.78 is 6.36. The molecule has 1 aliphatic heterocycles. The van der Waals surface area contributed by atoms with Crippen molar-refractivity contribution in [1.82, 2.24) is 9.97 Å². The number of nitrogens with one attached hydrogen (secondary N) is 1. The van der Waals surface area contributed by atoms with Crippen LogP contribution in [0.1, 0.15) is 37.2 Å². The number of nitrogens with zero attached hydrogens (tertiary/aromatic N) is 2. The Bertz CT molecular complexity index is 366. The quantitative estimate of drug-likeness (QED) is 0.932. The van der Waals surface area contributed by atoms with Gasteiger partial charge in [0, 0.05) is 26.2 Å². The average Bonchev–Trinajstić information content (AvgIpc) is 2.40. The van der Waals surface area contributed by atoms with Crippen molar-refractivity contribution < 1.29 is 4.74 Å². The molecule has 1 fully saturated rings. The van der Waals surface area contributed by atoms with Gasteiger partial charge in [-0.3, -0.25) is 0 Å². The summed E-state index contributed by atoms with van der Waals surface area (Å²) in [6, 6.07) is 0. The lowest BCUT2D eigenvalue weighted by atomic mass is 9.99. The van der Waals surface area contributed by atoms with E-state index in [1.165, 1.54) is 0 Å². The molecule has 0 radical (unpaired) electrons. The SMILES string of the molecule is CCc1nc(C2CCOCC2)nc(NC)c1Br. The Hall–Kier alpha value is -0.680. The minimum absolute atomic E-state index is 0.439.